The van der Waals surface area contributed by atoms with Gasteiger partial charge in [-0.25, -0.2) is 14.4 Å². The molecule has 0 aliphatic carbocycles. The molecule has 2 unspecified atom stereocenters. The normalized spacial score (nSPS) is 11.8. The van der Waals surface area contributed by atoms with Crippen molar-refractivity contribution in [2.75, 3.05) is 6.54 Å². The van der Waals surface area contributed by atoms with E-state index in [-0.39, 0.29) is 12.8 Å². The first-order chi connectivity index (χ1) is 19.9. The Labute approximate surface area is 238 Å². The van der Waals surface area contributed by atoms with E-state index in [1.807, 2.05) is 6.07 Å². The molecule has 0 aliphatic rings. The standard InChI is InChI=1S/C31H34N2O8/c1-2-23(22-28(34)38-24-14-6-3-7-15-24)39-29(35)27(33-31(37)41-26-18-10-5-11-19-26)20-12-13-21-32-30(36)40-25-16-8-4-9-17-25/h3-11,14-19,23,27H,2,12-13,20-22H2,1H3,(H,32,36)(H,33,37). The third kappa shape index (κ3) is 11.8. The Bertz CT molecular complexity index is 1240. The average Bonchev–Trinajstić information content (AvgIpc) is 2.97. The summed E-state index contributed by atoms with van der Waals surface area (Å²) in [6, 6.07) is 24.6. The van der Waals surface area contributed by atoms with Crippen LogP contribution in [0.4, 0.5) is 9.59 Å². The summed E-state index contributed by atoms with van der Waals surface area (Å²) in [5, 5.41) is 5.21. The first kappa shape index (κ1) is 30.7. The lowest BCUT2D eigenvalue weighted by Crippen LogP contribution is -2.44. The van der Waals surface area contributed by atoms with Gasteiger partial charge in [-0.05, 0) is 62.1 Å². The molecular weight excluding hydrogens is 528 g/mol. The molecule has 10 heteroatoms. The summed E-state index contributed by atoms with van der Waals surface area (Å²) < 4.78 is 21.3. The molecule has 3 aromatic rings. The molecule has 2 N–H and O–H groups in total. The molecular formula is C31H34N2O8. The number of esters is 2. The van der Waals surface area contributed by atoms with E-state index in [0.717, 1.165) is 0 Å². The van der Waals surface area contributed by atoms with Crippen molar-refractivity contribution in [2.45, 2.75) is 51.2 Å². The first-order valence-electron chi connectivity index (χ1n) is 13.4. The maximum atomic E-state index is 13.1. The van der Waals surface area contributed by atoms with E-state index < -0.39 is 36.3 Å². The van der Waals surface area contributed by atoms with Gasteiger partial charge in [0.05, 0.1) is 6.42 Å². The Morgan fingerprint density at radius 2 is 1.20 bits per heavy atom. The van der Waals surface area contributed by atoms with Crippen LogP contribution in [0.1, 0.15) is 39.0 Å². The Morgan fingerprint density at radius 1 is 0.683 bits per heavy atom. The van der Waals surface area contributed by atoms with E-state index >= 15 is 0 Å². The summed E-state index contributed by atoms with van der Waals surface area (Å²) in [5.41, 5.74) is 0. The Hall–Kier alpha value is -4.86. The average molecular weight is 563 g/mol. The number of unbranched alkanes of at least 4 members (excludes halogenated alkanes) is 1. The van der Waals surface area contributed by atoms with Gasteiger partial charge in [0, 0.05) is 6.54 Å². The zero-order valence-electron chi connectivity index (χ0n) is 22.8. The third-order valence-corrected chi connectivity index (χ3v) is 5.78. The topological polar surface area (TPSA) is 129 Å². The number of rotatable bonds is 14. The van der Waals surface area contributed by atoms with Gasteiger partial charge in [0.25, 0.3) is 0 Å². The van der Waals surface area contributed by atoms with E-state index in [0.29, 0.717) is 43.1 Å². The second-order valence-electron chi connectivity index (χ2n) is 8.98. The van der Waals surface area contributed by atoms with Gasteiger partial charge < -0.3 is 29.6 Å². The fraction of sp³-hybridized carbons (Fsp3) is 0.290. The number of hydrogen-bond donors (Lipinski definition) is 2. The molecule has 0 bridgehead atoms. The van der Waals surface area contributed by atoms with Gasteiger partial charge in [0.1, 0.15) is 29.4 Å². The number of carbonyl (C=O) groups is 4. The van der Waals surface area contributed by atoms with Gasteiger partial charge in [-0.15, -0.1) is 0 Å². The maximum absolute atomic E-state index is 13.1. The van der Waals surface area contributed by atoms with E-state index in [1.54, 1.807) is 91.9 Å². The molecule has 0 radical (unpaired) electrons. The lowest BCUT2D eigenvalue weighted by atomic mass is 10.1. The molecule has 0 saturated carbocycles. The summed E-state index contributed by atoms with van der Waals surface area (Å²) in [6.07, 6.45) is -0.765. The number of nitrogens with one attached hydrogen (secondary N) is 2. The minimum atomic E-state index is -1.04. The molecule has 2 atom stereocenters. The number of para-hydroxylation sites is 3. The summed E-state index contributed by atoms with van der Waals surface area (Å²) in [7, 11) is 0. The zero-order valence-corrected chi connectivity index (χ0v) is 22.8. The van der Waals surface area contributed by atoms with Crippen molar-refractivity contribution in [3.05, 3.63) is 91.0 Å². The van der Waals surface area contributed by atoms with E-state index in [9.17, 15) is 19.2 Å². The predicted octanol–water partition coefficient (Wildman–Crippen LogP) is 5.42. The van der Waals surface area contributed by atoms with Crippen molar-refractivity contribution in [3.8, 4) is 17.2 Å². The number of amides is 2. The van der Waals surface area contributed by atoms with Crippen molar-refractivity contribution in [1.82, 2.24) is 10.6 Å². The van der Waals surface area contributed by atoms with Crippen molar-refractivity contribution in [3.63, 3.8) is 0 Å². The Balaban J connectivity index is 1.51. The third-order valence-electron chi connectivity index (χ3n) is 5.78. The van der Waals surface area contributed by atoms with Gasteiger partial charge in [-0.2, -0.15) is 0 Å². The lowest BCUT2D eigenvalue weighted by molar-refractivity contribution is -0.154. The van der Waals surface area contributed by atoms with Crippen LogP contribution < -0.4 is 24.8 Å². The van der Waals surface area contributed by atoms with Crippen LogP contribution in [0.15, 0.2) is 91.0 Å². The van der Waals surface area contributed by atoms with Crippen LogP contribution in [0.3, 0.4) is 0 Å². The van der Waals surface area contributed by atoms with Crippen molar-refractivity contribution < 1.29 is 38.1 Å². The van der Waals surface area contributed by atoms with E-state index in [2.05, 4.69) is 10.6 Å². The fourth-order valence-corrected chi connectivity index (χ4v) is 3.68. The van der Waals surface area contributed by atoms with E-state index in [1.165, 1.54) is 0 Å². The van der Waals surface area contributed by atoms with Gasteiger partial charge in [-0.3, -0.25) is 4.79 Å². The van der Waals surface area contributed by atoms with Gasteiger partial charge in [0.15, 0.2) is 0 Å². The van der Waals surface area contributed by atoms with Gasteiger partial charge in [-0.1, -0.05) is 61.5 Å². The quantitative estimate of drug-likeness (QED) is 0.151. The van der Waals surface area contributed by atoms with Crippen LogP contribution >= 0.6 is 0 Å². The monoisotopic (exact) mass is 562 g/mol. The summed E-state index contributed by atoms with van der Waals surface area (Å²) >= 11 is 0. The molecule has 10 nitrogen and oxygen atoms in total. The van der Waals surface area contributed by atoms with Crippen LogP contribution in [-0.4, -0.2) is 42.8 Å². The summed E-state index contributed by atoms with van der Waals surface area (Å²) in [6.45, 7) is 2.07. The van der Waals surface area contributed by atoms with Crippen LogP contribution in [0.2, 0.25) is 0 Å². The molecule has 3 rings (SSSR count). The summed E-state index contributed by atoms with van der Waals surface area (Å²) in [5.74, 6) is -0.119. The number of ether oxygens (including phenoxy) is 4. The maximum Gasteiger partial charge on any atom is 0.413 e. The van der Waals surface area contributed by atoms with Crippen molar-refractivity contribution >= 4 is 24.1 Å². The molecule has 0 fully saturated rings. The highest BCUT2D eigenvalue weighted by atomic mass is 16.6. The first-order valence-corrected chi connectivity index (χ1v) is 13.4. The molecule has 0 saturated heterocycles. The Morgan fingerprint density at radius 3 is 1.73 bits per heavy atom. The zero-order chi connectivity index (χ0) is 29.3. The van der Waals surface area contributed by atoms with Crippen molar-refractivity contribution in [1.29, 1.82) is 0 Å². The smallest absolute Gasteiger partial charge is 0.413 e. The highest BCUT2D eigenvalue weighted by molar-refractivity contribution is 5.82. The predicted molar refractivity (Wildman–Crippen MR) is 151 cm³/mol. The minimum absolute atomic E-state index is 0.147. The number of carbonyl (C=O) groups excluding carboxylic acids is 4. The second kappa shape index (κ2) is 17.0. The van der Waals surface area contributed by atoms with Crippen LogP contribution in [-0.2, 0) is 14.3 Å². The highest BCUT2D eigenvalue weighted by Gasteiger charge is 2.27. The molecule has 0 spiro atoms. The number of benzene rings is 3. The molecule has 0 aromatic heterocycles. The highest BCUT2D eigenvalue weighted by Crippen LogP contribution is 2.15. The molecule has 41 heavy (non-hydrogen) atoms. The lowest BCUT2D eigenvalue weighted by Gasteiger charge is -2.21. The van der Waals surface area contributed by atoms with Crippen LogP contribution in [0, 0.1) is 0 Å². The molecule has 0 aliphatic heterocycles. The van der Waals surface area contributed by atoms with Gasteiger partial charge >= 0.3 is 24.1 Å². The fourth-order valence-electron chi connectivity index (χ4n) is 3.68. The van der Waals surface area contributed by atoms with Crippen LogP contribution in [0.5, 0.6) is 17.2 Å². The van der Waals surface area contributed by atoms with E-state index in [4.69, 9.17) is 18.9 Å². The summed E-state index contributed by atoms with van der Waals surface area (Å²) in [4.78, 5) is 50.0. The number of hydrogen-bond acceptors (Lipinski definition) is 8. The van der Waals surface area contributed by atoms with Crippen molar-refractivity contribution in [2.24, 2.45) is 0 Å². The molecule has 3 aromatic carbocycles. The molecule has 2 amide bonds. The van der Waals surface area contributed by atoms with Gasteiger partial charge in [0.2, 0.25) is 0 Å². The largest absolute Gasteiger partial charge is 0.460 e. The van der Waals surface area contributed by atoms with Crippen LogP contribution in [0.25, 0.3) is 0 Å². The molecule has 0 heterocycles. The minimum Gasteiger partial charge on any atom is -0.460 e. The molecule has 216 valence electrons. The Kier molecular flexibility index (Phi) is 12.7. The SMILES string of the molecule is CCC(CC(=O)Oc1ccccc1)OC(=O)C(CCCCNC(=O)Oc1ccccc1)NC(=O)Oc1ccccc1. The second-order valence-corrected chi connectivity index (χ2v) is 8.98.